The highest BCUT2D eigenvalue weighted by Gasteiger charge is 2.14. The Morgan fingerprint density at radius 2 is 1.63 bits per heavy atom. The fourth-order valence-electron chi connectivity index (χ4n) is 1.85. The highest BCUT2D eigenvalue weighted by atomic mass is 16.5. The van der Waals surface area contributed by atoms with Gasteiger partial charge >= 0.3 is 0 Å². The molecule has 0 aliphatic heterocycles. The molecule has 2 N–H and O–H groups in total. The lowest BCUT2D eigenvalue weighted by atomic mass is 10.0. The van der Waals surface area contributed by atoms with Crippen molar-refractivity contribution < 1.29 is 9.47 Å². The molecule has 1 aromatic heterocycles. The second kappa shape index (κ2) is 5.09. The summed E-state index contributed by atoms with van der Waals surface area (Å²) in [4.78, 5) is 4.12. The van der Waals surface area contributed by atoms with E-state index in [9.17, 15) is 0 Å². The van der Waals surface area contributed by atoms with Crippen LogP contribution >= 0.6 is 0 Å². The van der Waals surface area contributed by atoms with Crippen molar-refractivity contribution in [2.75, 3.05) is 20.0 Å². The van der Waals surface area contributed by atoms with E-state index in [4.69, 9.17) is 15.2 Å². The molecule has 0 aliphatic rings. The maximum absolute atomic E-state index is 5.90. The number of anilines is 1. The first kappa shape index (κ1) is 13.1. The Morgan fingerprint density at radius 3 is 2.21 bits per heavy atom. The van der Waals surface area contributed by atoms with Gasteiger partial charge in [-0.25, -0.2) is 4.98 Å². The van der Waals surface area contributed by atoms with Gasteiger partial charge < -0.3 is 15.2 Å². The van der Waals surface area contributed by atoms with E-state index in [-0.39, 0.29) is 0 Å². The van der Waals surface area contributed by atoms with E-state index >= 15 is 0 Å². The van der Waals surface area contributed by atoms with Crippen LogP contribution in [0.15, 0.2) is 12.1 Å². The molecule has 1 heterocycles. The lowest BCUT2D eigenvalue weighted by Crippen LogP contribution is -2.03. The molecule has 2 aromatic rings. The van der Waals surface area contributed by atoms with Crippen LogP contribution < -0.4 is 15.2 Å². The normalized spacial score (nSPS) is 10.3. The Balaban J connectivity index is 2.61. The van der Waals surface area contributed by atoms with Gasteiger partial charge in [0.05, 0.1) is 14.2 Å². The van der Waals surface area contributed by atoms with E-state index in [0.717, 1.165) is 11.1 Å². The summed E-state index contributed by atoms with van der Waals surface area (Å²) in [5.74, 6) is 2.17. The number of hydrogen-bond acceptors (Lipinski definition) is 6. The number of nitrogen functional groups attached to an aromatic ring is 1. The van der Waals surface area contributed by atoms with Gasteiger partial charge in [-0.1, -0.05) is 0 Å². The number of aromatic nitrogens is 3. The first-order valence-electron chi connectivity index (χ1n) is 5.76. The molecule has 0 atom stereocenters. The molecule has 0 spiro atoms. The molecule has 100 valence electrons. The number of benzene rings is 1. The molecule has 1 aromatic carbocycles. The summed E-state index contributed by atoms with van der Waals surface area (Å²) >= 11 is 0. The van der Waals surface area contributed by atoms with Crippen LogP contribution in [0.2, 0.25) is 0 Å². The molecule has 6 heteroatoms. The summed E-state index contributed by atoms with van der Waals surface area (Å²) in [6, 6.07) is 3.70. The van der Waals surface area contributed by atoms with E-state index in [2.05, 4.69) is 15.2 Å². The van der Waals surface area contributed by atoms with Crippen molar-refractivity contribution >= 4 is 5.82 Å². The fraction of sp³-hybridized carbons (Fsp3) is 0.308. The van der Waals surface area contributed by atoms with Crippen LogP contribution in [0.5, 0.6) is 11.5 Å². The molecule has 0 bridgehead atoms. The molecule has 0 radical (unpaired) electrons. The Bertz CT molecular complexity index is 614. The van der Waals surface area contributed by atoms with E-state index in [1.807, 2.05) is 19.1 Å². The standard InChI is InChI=1S/C13H16N4O2/c1-7-5-10(18-3)11(19-4)6-9(7)12-13(14)15-8(2)16-17-12/h5-6H,1-4H3,(H2,14,15,16). The smallest absolute Gasteiger partial charge is 0.161 e. The molecule has 2 rings (SSSR count). The van der Waals surface area contributed by atoms with Gasteiger partial charge in [-0.15, -0.1) is 10.2 Å². The number of ether oxygens (including phenoxy) is 2. The van der Waals surface area contributed by atoms with E-state index < -0.39 is 0 Å². The molecule has 0 aliphatic carbocycles. The second-order valence-electron chi connectivity index (χ2n) is 4.11. The van der Waals surface area contributed by atoms with Crippen LogP contribution in [-0.4, -0.2) is 29.4 Å². The highest BCUT2D eigenvalue weighted by Crippen LogP contribution is 2.35. The number of nitrogens with zero attached hydrogens (tertiary/aromatic N) is 3. The van der Waals surface area contributed by atoms with Crippen molar-refractivity contribution in [3.05, 3.63) is 23.5 Å². The average Bonchev–Trinajstić information content (AvgIpc) is 2.39. The van der Waals surface area contributed by atoms with Crippen molar-refractivity contribution in [2.24, 2.45) is 0 Å². The van der Waals surface area contributed by atoms with Crippen LogP contribution in [0.4, 0.5) is 5.82 Å². The van der Waals surface area contributed by atoms with E-state index in [1.165, 1.54) is 0 Å². The number of methoxy groups -OCH3 is 2. The van der Waals surface area contributed by atoms with Gasteiger partial charge in [0, 0.05) is 5.56 Å². The summed E-state index contributed by atoms with van der Waals surface area (Å²) < 4.78 is 10.5. The van der Waals surface area contributed by atoms with Gasteiger partial charge in [0.25, 0.3) is 0 Å². The monoisotopic (exact) mass is 260 g/mol. The number of aryl methyl sites for hydroxylation is 2. The summed E-state index contributed by atoms with van der Waals surface area (Å²) in [6.45, 7) is 3.69. The van der Waals surface area contributed by atoms with Crippen molar-refractivity contribution in [1.82, 2.24) is 15.2 Å². The fourth-order valence-corrected chi connectivity index (χ4v) is 1.85. The van der Waals surface area contributed by atoms with Crippen LogP contribution in [0.3, 0.4) is 0 Å². The highest BCUT2D eigenvalue weighted by molar-refractivity contribution is 5.74. The van der Waals surface area contributed by atoms with Crippen LogP contribution in [0, 0.1) is 13.8 Å². The van der Waals surface area contributed by atoms with E-state index in [1.54, 1.807) is 21.1 Å². The molecule has 19 heavy (non-hydrogen) atoms. The minimum atomic E-state index is 0.350. The first-order valence-corrected chi connectivity index (χ1v) is 5.76. The molecular formula is C13H16N4O2. The molecule has 6 nitrogen and oxygen atoms in total. The Hall–Kier alpha value is -2.37. The third kappa shape index (κ3) is 2.42. The van der Waals surface area contributed by atoms with Crippen molar-refractivity contribution in [1.29, 1.82) is 0 Å². The predicted molar refractivity (Wildman–Crippen MR) is 72.3 cm³/mol. The number of hydrogen-bond donors (Lipinski definition) is 1. The molecular weight excluding hydrogens is 244 g/mol. The lowest BCUT2D eigenvalue weighted by molar-refractivity contribution is 0.355. The minimum absolute atomic E-state index is 0.350. The van der Waals surface area contributed by atoms with Crippen LogP contribution in [-0.2, 0) is 0 Å². The van der Waals surface area contributed by atoms with Crippen molar-refractivity contribution in [3.63, 3.8) is 0 Å². The second-order valence-corrected chi connectivity index (χ2v) is 4.11. The summed E-state index contributed by atoms with van der Waals surface area (Å²) in [5.41, 5.74) is 8.24. The molecule has 0 saturated carbocycles. The zero-order valence-electron chi connectivity index (χ0n) is 11.4. The SMILES string of the molecule is COc1cc(C)c(-c2nnc(C)nc2N)cc1OC. The summed E-state index contributed by atoms with van der Waals surface area (Å²) in [7, 11) is 3.18. The maximum atomic E-state index is 5.90. The Labute approximate surface area is 111 Å². The van der Waals surface area contributed by atoms with Gasteiger partial charge in [0.2, 0.25) is 0 Å². The van der Waals surface area contributed by atoms with Gasteiger partial charge in [0.15, 0.2) is 17.3 Å². The molecule has 0 unspecified atom stereocenters. The number of rotatable bonds is 3. The lowest BCUT2D eigenvalue weighted by Gasteiger charge is -2.12. The summed E-state index contributed by atoms with van der Waals surface area (Å²) in [6.07, 6.45) is 0. The number of nitrogens with two attached hydrogens (primary N) is 1. The van der Waals surface area contributed by atoms with Gasteiger partial charge in [-0.2, -0.15) is 0 Å². The largest absolute Gasteiger partial charge is 0.493 e. The average molecular weight is 260 g/mol. The molecule has 0 saturated heterocycles. The molecule has 0 amide bonds. The zero-order chi connectivity index (χ0) is 14.0. The Morgan fingerprint density at radius 1 is 1.00 bits per heavy atom. The van der Waals surface area contributed by atoms with E-state index in [0.29, 0.717) is 28.8 Å². The minimum Gasteiger partial charge on any atom is -0.493 e. The zero-order valence-corrected chi connectivity index (χ0v) is 11.4. The third-order valence-corrected chi connectivity index (χ3v) is 2.81. The van der Waals surface area contributed by atoms with Crippen molar-refractivity contribution in [3.8, 4) is 22.8 Å². The van der Waals surface area contributed by atoms with Crippen LogP contribution in [0.1, 0.15) is 11.4 Å². The van der Waals surface area contributed by atoms with Crippen LogP contribution in [0.25, 0.3) is 11.3 Å². The van der Waals surface area contributed by atoms with Gasteiger partial charge in [-0.3, -0.25) is 0 Å². The third-order valence-electron chi connectivity index (χ3n) is 2.81. The quantitative estimate of drug-likeness (QED) is 0.905. The van der Waals surface area contributed by atoms with Gasteiger partial charge in [-0.05, 0) is 31.5 Å². The first-order chi connectivity index (χ1) is 9.06. The Kier molecular flexibility index (Phi) is 3.50. The predicted octanol–water partition coefficient (Wildman–Crippen LogP) is 1.75. The van der Waals surface area contributed by atoms with Crippen molar-refractivity contribution in [2.45, 2.75) is 13.8 Å². The maximum Gasteiger partial charge on any atom is 0.161 e. The summed E-state index contributed by atoms with van der Waals surface area (Å²) in [5, 5.41) is 8.05. The topological polar surface area (TPSA) is 83.2 Å². The van der Waals surface area contributed by atoms with Gasteiger partial charge in [0.1, 0.15) is 11.5 Å². The molecule has 0 fully saturated rings.